The quantitative estimate of drug-likeness (QED) is 0.246. The van der Waals surface area contributed by atoms with Gasteiger partial charge in [-0.1, -0.05) is 103 Å². The lowest BCUT2D eigenvalue weighted by Gasteiger charge is -2.40. The van der Waals surface area contributed by atoms with Crippen LogP contribution in [0.3, 0.4) is 0 Å². The number of nitroso groups, excluding NO2 is 1. The number of carbonyl (C=O) groups excluding carboxylic acids is 2. The number of nitrogens with one attached hydrogen (secondary N) is 1. The Morgan fingerprint density at radius 2 is 1.57 bits per heavy atom. The van der Waals surface area contributed by atoms with E-state index < -0.39 is 11.8 Å². The number of carbonyl (C=O) groups is 2. The van der Waals surface area contributed by atoms with Crippen molar-refractivity contribution < 1.29 is 9.59 Å². The fourth-order valence-corrected chi connectivity index (χ4v) is 6.05. The molecule has 0 radical (unpaired) electrons. The largest absolute Gasteiger partial charge is 0.342 e. The first-order chi connectivity index (χ1) is 19.5. The van der Waals surface area contributed by atoms with Crippen LogP contribution < -0.4 is 5.32 Å². The summed E-state index contributed by atoms with van der Waals surface area (Å²) in [5.74, 6) is -1.17. The normalized spacial score (nSPS) is 18.7. The van der Waals surface area contributed by atoms with Crippen LogP contribution in [0.15, 0.2) is 108 Å². The number of amides is 2. The lowest BCUT2D eigenvalue weighted by atomic mass is 9.79. The van der Waals surface area contributed by atoms with Gasteiger partial charge < -0.3 is 10.2 Å². The van der Waals surface area contributed by atoms with Crippen molar-refractivity contribution in [2.75, 3.05) is 19.6 Å². The van der Waals surface area contributed by atoms with Crippen molar-refractivity contribution in [3.8, 4) is 0 Å². The standard InChI is InChI=1S/C34H35N3O3/c1-24(29-18-10-16-25-15-8-9-17-30(25)29)35-22-28-19-20-37(23-32(28)27-13-6-3-7-14-27)34(39)31(21-33(38)36-40)26-11-4-2-5-12-26/h2-18,24,28,31-32,35H,19-23H2,1H3/t24-,28?,31?,32?/m1/s1. The number of hydrogen-bond acceptors (Lipinski definition) is 4. The van der Waals surface area contributed by atoms with E-state index in [2.05, 4.69) is 72.0 Å². The monoisotopic (exact) mass is 533 g/mol. The number of nitrogens with zero attached hydrogens (tertiary/aromatic N) is 2. The Hall–Kier alpha value is -4.16. The Morgan fingerprint density at radius 1 is 0.900 bits per heavy atom. The van der Waals surface area contributed by atoms with Crippen molar-refractivity contribution in [2.45, 2.75) is 37.6 Å². The molecule has 6 heteroatoms. The van der Waals surface area contributed by atoms with Crippen LogP contribution in [0.5, 0.6) is 0 Å². The molecular weight excluding hydrogens is 498 g/mol. The summed E-state index contributed by atoms with van der Waals surface area (Å²) in [4.78, 5) is 38.6. The molecule has 0 saturated carbocycles. The minimum Gasteiger partial charge on any atom is -0.342 e. The van der Waals surface area contributed by atoms with Gasteiger partial charge in [-0.25, -0.2) is 0 Å². The predicted molar refractivity (Wildman–Crippen MR) is 159 cm³/mol. The number of piperidine rings is 1. The Kier molecular flexibility index (Phi) is 8.77. The molecule has 1 aliphatic rings. The summed E-state index contributed by atoms with van der Waals surface area (Å²) in [6.07, 6.45) is 0.619. The van der Waals surface area contributed by atoms with Crippen molar-refractivity contribution in [3.05, 3.63) is 125 Å². The van der Waals surface area contributed by atoms with E-state index in [0.717, 1.165) is 18.5 Å². The van der Waals surface area contributed by atoms with Crippen LogP contribution >= 0.6 is 0 Å². The molecule has 0 bridgehead atoms. The maximum absolute atomic E-state index is 13.8. The lowest BCUT2D eigenvalue weighted by Crippen LogP contribution is -2.47. The van der Waals surface area contributed by atoms with Crippen LogP contribution in [0.1, 0.15) is 54.3 Å². The summed E-state index contributed by atoms with van der Waals surface area (Å²) < 4.78 is 0. The molecule has 5 rings (SSSR count). The summed E-state index contributed by atoms with van der Waals surface area (Å²) >= 11 is 0. The van der Waals surface area contributed by atoms with E-state index in [0.29, 0.717) is 19.0 Å². The van der Waals surface area contributed by atoms with Gasteiger partial charge in [0, 0.05) is 36.6 Å². The first-order valence-electron chi connectivity index (χ1n) is 14.0. The summed E-state index contributed by atoms with van der Waals surface area (Å²) in [7, 11) is 0. The molecule has 4 atom stereocenters. The number of rotatable bonds is 9. The Bertz CT molecular complexity index is 1450. The molecule has 0 aromatic heterocycles. The first kappa shape index (κ1) is 27.4. The maximum Gasteiger partial charge on any atom is 0.287 e. The van der Waals surface area contributed by atoms with Crippen molar-refractivity contribution in [1.29, 1.82) is 0 Å². The van der Waals surface area contributed by atoms with Gasteiger partial charge in [-0.3, -0.25) is 9.59 Å². The number of fused-ring (bicyclic) bond motifs is 1. The smallest absolute Gasteiger partial charge is 0.287 e. The molecule has 6 nitrogen and oxygen atoms in total. The first-order valence-corrected chi connectivity index (χ1v) is 14.0. The molecule has 204 valence electrons. The molecule has 3 unspecified atom stereocenters. The molecule has 1 saturated heterocycles. The molecule has 0 aliphatic carbocycles. The minimum absolute atomic E-state index is 0.125. The fraction of sp³-hybridized carbons (Fsp3) is 0.294. The fourth-order valence-electron chi connectivity index (χ4n) is 6.05. The minimum atomic E-state index is -0.802. The highest BCUT2D eigenvalue weighted by Crippen LogP contribution is 2.35. The molecule has 4 aromatic carbocycles. The van der Waals surface area contributed by atoms with Crippen LogP contribution in [0.25, 0.3) is 10.8 Å². The average molecular weight is 534 g/mol. The van der Waals surface area contributed by atoms with E-state index >= 15 is 0 Å². The van der Waals surface area contributed by atoms with Crippen LogP contribution in [-0.4, -0.2) is 36.3 Å². The van der Waals surface area contributed by atoms with E-state index in [1.165, 1.54) is 21.9 Å². The highest BCUT2D eigenvalue weighted by Gasteiger charge is 2.36. The molecule has 4 aromatic rings. The van der Waals surface area contributed by atoms with Crippen molar-refractivity contribution in [2.24, 2.45) is 11.1 Å². The summed E-state index contributed by atoms with van der Waals surface area (Å²) in [6, 6.07) is 34.7. The van der Waals surface area contributed by atoms with Gasteiger partial charge in [0.05, 0.1) is 5.92 Å². The van der Waals surface area contributed by atoms with E-state index in [-0.39, 0.29) is 24.3 Å². The van der Waals surface area contributed by atoms with Gasteiger partial charge in [-0.15, -0.1) is 4.91 Å². The SMILES string of the molecule is C[C@@H](NCC1CCN(C(=O)C(CC(=O)N=O)c2ccccc2)CC1c1ccccc1)c1cccc2ccccc12. The molecule has 0 spiro atoms. The molecule has 1 N–H and O–H groups in total. The molecule has 1 aliphatic heterocycles. The molecule has 1 fully saturated rings. The third-order valence-electron chi connectivity index (χ3n) is 8.25. The van der Waals surface area contributed by atoms with Gasteiger partial charge >= 0.3 is 0 Å². The predicted octanol–water partition coefficient (Wildman–Crippen LogP) is 6.59. The van der Waals surface area contributed by atoms with Gasteiger partial charge in [-0.2, -0.15) is 0 Å². The zero-order valence-electron chi connectivity index (χ0n) is 22.8. The highest BCUT2D eigenvalue weighted by atomic mass is 16.3. The van der Waals surface area contributed by atoms with Crippen LogP contribution in [0, 0.1) is 10.8 Å². The summed E-state index contributed by atoms with van der Waals surface area (Å²) in [6.45, 7) is 4.19. The van der Waals surface area contributed by atoms with Gasteiger partial charge in [0.25, 0.3) is 5.91 Å². The van der Waals surface area contributed by atoms with Crippen molar-refractivity contribution >= 4 is 22.6 Å². The third-order valence-corrected chi connectivity index (χ3v) is 8.25. The second kappa shape index (κ2) is 12.8. The van der Waals surface area contributed by atoms with Crippen LogP contribution in [0.2, 0.25) is 0 Å². The Morgan fingerprint density at radius 3 is 2.33 bits per heavy atom. The molecule has 2 amide bonds. The summed E-state index contributed by atoms with van der Waals surface area (Å²) in [5, 5.41) is 8.86. The summed E-state index contributed by atoms with van der Waals surface area (Å²) in [5.41, 5.74) is 3.21. The van der Waals surface area contributed by atoms with E-state index in [1.54, 1.807) is 0 Å². The average Bonchev–Trinajstić information content (AvgIpc) is 3.02. The van der Waals surface area contributed by atoms with Crippen molar-refractivity contribution in [1.82, 2.24) is 10.2 Å². The zero-order chi connectivity index (χ0) is 27.9. The van der Waals surface area contributed by atoms with Crippen LogP contribution in [-0.2, 0) is 9.59 Å². The lowest BCUT2D eigenvalue weighted by molar-refractivity contribution is -0.136. The number of benzene rings is 4. The zero-order valence-corrected chi connectivity index (χ0v) is 22.8. The van der Waals surface area contributed by atoms with Crippen LogP contribution in [0.4, 0.5) is 0 Å². The van der Waals surface area contributed by atoms with Gasteiger partial charge in [0.1, 0.15) is 0 Å². The van der Waals surface area contributed by atoms with E-state index in [9.17, 15) is 14.5 Å². The van der Waals surface area contributed by atoms with Gasteiger partial charge in [0.15, 0.2) is 0 Å². The molecule has 1 heterocycles. The second-order valence-corrected chi connectivity index (χ2v) is 10.7. The maximum atomic E-state index is 13.8. The highest BCUT2D eigenvalue weighted by molar-refractivity contribution is 5.90. The topological polar surface area (TPSA) is 78.8 Å². The van der Waals surface area contributed by atoms with Gasteiger partial charge in [-0.05, 0) is 53.3 Å². The van der Waals surface area contributed by atoms with Gasteiger partial charge in [0.2, 0.25) is 5.91 Å². The van der Waals surface area contributed by atoms with E-state index in [4.69, 9.17) is 0 Å². The Labute approximate surface area is 235 Å². The van der Waals surface area contributed by atoms with E-state index in [1.807, 2.05) is 53.4 Å². The molecular formula is C34H35N3O3. The number of likely N-dealkylation sites (tertiary alicyclic amines) is 1. The third kappa shape index (κ3) is 6.18. The molecule has 40 heavy (non-hydrogen) atoms. The van der Waals surface area contributed by atoms with Crippen molar-refractivity contribution in [3.63, 3.8) is 0 Å². The Balaban J connectivity index is 1.34. The second-order valence-electron chi connectivity index (χ2n) is 10.7. The number of hydrogen-bond donors (Lipinski definition) is 1.